The molecule has 0 aliphatic carbocycles. The van der Waals surface area contributed by atoms with Gasteiger partial charge in [0.15, 0.2) is 0 Å². The van der Waals surface area contributed by atoms with Crippen molar-refractivity contribution in [1.82, 2.24) is 0 Å². The van der Waals surface area contributed by atoms with E-state index in [0.29, 0.717) is 16.9 Å². The molecular weight excluding hydrogens is 296 g/mol. The molecule has 0 aromatic heterocycles. The Bertz CT molecular complexity index is 530. The summed E-state index contributed by atoms with van der Waals surface area (Å²) >= 11 is 3.26. The number of nitrogen functional groups attached to an aromatic ring is 2. The van der Waals surface area contributed by atoms with Crippen LogP contribution >= 0.6 is 15.9 Å². The Morgan fingerprint density at radius 1 is 1.00 bits per heavy atom. The first-order valence-electron chi connectivity index (χ1n) is 5.09. The highest BCUT2D eigenvalue weighted by Crippen LogP contribution is 2.19. The van der Waals surface area contributed by atoms with E-state index in [1.807, 2.05) is 6.07 Å². The molecular formula is C13H13BrN2O2. The van der Waals surface area contributed by atoms with Gasteiger partial charge in [-0.05, 0) is 30.3 Å². The molecule has 0 atom stereocenters. The Labute approximate surface area is 113 Å². The number of nitrogens with two attached hydrogens (primary N) is 2. The second-order valence-electron chi connectivity index (χ2n) is 3.44. The van der Waals surface area contributed by atoms with Crippen LogP contribution in [-0.4, -0.2) is 11.1 Å². The SMILES string of the molecule is Nc1ccc(Br)cc1N.O=C(O)c1ccccc1. The molecule has 94 valence electrons. The van der Waals surface area contributed by atoms with Crippen LogP contribution in [0.1, 0.15) is 10.4 Å². The number of anilines is 2. The van der Waals surface area contributed by atoms with Gasteiger partial charge in [0.25, 0.3) is 0 Å². The van der Waals surface area contributed by atoms with E-state index in [-0.39, 0.29) is 0 Å². The van der Waals surface area contributed by atoms with Crippen LogP contribution in [0.25, 0.3) is 0 Å². The van der Waals surface area contributed by atoms with Crippen LogP contribution in [0.15, 0.2) is 53.0 Å². The number of aromatic carboxylic acids is 1. The summed E-state index contributed by atoms with van der Waals surface area (Å²) < 4.78 is 0.953. The first kappa shape index (κ1) is 14.1. The van der Waals surface area contributed by atoms with E-state index in [1.54, 1.807) is 42.5 Å². The van der Waals surface area contributed by atoms with Gasteiger partial charge in [-0.2, -0.15) is 0 Å². The molecule has 0 amide bonds. The van der Waals surface area contributed by atoms with Gasteiger partial charge in [0.2, 0.25) is 0 Å². The lowest BCUT2D eigenvalue weighted by Gasteiger charge is -1.97. The van der Waals surface area contributed by atoms with Crippen molar-refractivity contribution in [2.45, 2.75) is 0 Å². The van der Waals surface area contributed by atoms with Crippen molar-refractivity contribution in [3.63, 3.8) is 0 Å². The normalized spacial score (nSPS) is 9.17. The molecule has 2 rings (SSSR count). The minimum atomic E-state index is -0.879. The molecule has 5 heteroatoms. The lowest BCUT2D eigenvalue weighted by Crippen LogP contribution is -1.93. The molecule has 0 unspecified atom stereocenters. The van der Waals surface area contributed by atoms with Crippen molar-refractivity contribution in [3.05, 3.63) is 58.6 Å². The Balaban J connectivity index is 0.000000180. The quantitative estimate of drug-likeness (QED) is 0.706. The predicted octanol–water partition coefficient (Wildman–Crippen LogP) is 3.00. The number of carboxylic acid groups (broad SMARTS) is 1. The summed E-state index contributed by atoms with van der Waals surface area (Å²) in [6.07, 6.45) is 0. The first-order chi connectivity index (χ1) is 8.50. The molecule has 0 aliphatic heterocycles. The van der Waals surface area contributed by atoms with Gasteiger partial charge in [0, 0.05) is 4.47 Å². The average molecular weight is 309 g/mol. The van der Waals surface area contributed by atoms with Crippen LogP contribution in [0, 0.1) is 0 Å². The van der Waals surface area contributed by atoms with Crippen LogP contribution in [0.5, 0.6) is 0 Å². The van der Waals surface area contributed by atoms with Gasteiger partial charge in [0.05, 0.1) is 16.9 Å². The summed E-state index contributed by atoms with van der Waals surface area (Å²) in [5.41, 5.74) is 12.5. The summed E-state index contributed by atoms with van der Waals surface area (Å²) in [5.74, 6) is -0.879. The van der Waals surface area contributed by atoms with Gasteiger partial charge in [-0.3, -0.25) is 0 Å². The zero-order valence-corrected chi connectivity index (χ0v) is 11.1. The van der Waals surface area contributed by atoms with Crippen LogP contribution in [-0.2, 0) is 0 Å². The minimum absolute atomic E-state index is 0.331. The highest BCUT2D eigenvalue weighted by molar-refractivity contribution is 9.10. The van der Waals surface area contributed by atoms with Gasteiger partial charge in [-0.1, -0.05) is 34.1 Å². The van der Waals surface area contributed by atoms with E-state index in [9.17, 15) is 4.79 Å². The monoisotopic (exact) mass is 308 g/mol. The average Bonchev–Trinajstić information content (AvgIpc) is 2.36. The third-order valence-electron chi connectivity index (χ3n) is 2.07. The van der Waals surface area contributed by atoms with Gasteiger partial charge in [0.1, 0.15) is 0 Å². The molecule has 0 saturated carbocycles. The highest BCUT2D eigenvalue weighted by atomic mass is 79.9. The fourth-order valence-electron chi connectivity index (χ4n) is 1.13. The topological polar surface area (TPSA) is 89.3 Å². The predicted molar refractivity (Wildman–Crippen MR) is 76.4 cm³/mol. The fraction of sp³-hybridized carbons (Fsp3) is 0. The van der Waals surface area contributed by atoms with E-state index >= 15 is 0 Å². The molecule has 2 aromatic rings. The van der Waals surface area contributed by atoms with Crippen LogP contribution in [0.2, 0.25) is 0 Å². The number of halogens is 1. The van der Waals surface area contributed by atoms with Gasteiger partial charge >= 0.3 is 5.97 Å². The zero-order chi connectivity index (χ0) is 13.5. The first-order valence-corrected chi connectivity index (χ1v) is 5.89. The lowest BCUT2D eigenvalue weighted by molar-refractivity contribution is 0.0697. The Morgan fingerprint density at radius 2 is 1.61 bits per heavy atom. The molecule has 0 radical (unpaired) electrons. The third kappa shape index (κ3) is 4.47. The molecule has 0 bridgehead atoms. The van der Waals surface area contributed by atoms with E-state index in [4.69, 9.17) is 16.6 Å². The number of rotatable bonds is 1. The zero-order valence-electron chi connectivity index (χ0n) is 9.51. The van der Waals surface area contributed by atoms with E-state index < -0.39 is 5.97 Å². The summed E-state index contributed by atoms with van der Waals surface area (Å²) in [6, 6.07) is 13.7. The van der Waals surface area contributed by atoms with Crippen molar-refractivity contribution >= 4 is 33.3 Å². The molecule has 0 fully saturated rings. The van der Waals surface area contributed by atoms with Gasteiger partial charge < -0.3 is 16.6 Å². The highest BCUT2D eigenvalue weighted by Gasteiger charge is 1.96. The van der Waals surface area contributed by atoms with Crippen LogP contribution in [0.4, 0.5) is 11.4 Å². The van der Waals surface area contributed by atoms with Crippen LogP contribution in [0.3, 0.4) is 0 Å². The number of hydrogen-bond donors (Lipinski definition) is 3. The molecule has 18 heavy (non-hydrogen) atoms. The smallest absolute Gasteiger partial charge is 0.335 e. The van der Waals surface area contributed by atoms with Crippen molar-refractivity contribution in [3.8, 4) is 0 Å². The molecule has 0 spiro atoms. The summed E-state index contributed by atoms with van der Waals surface area (Å²) in [7, 11) is 0. The van der Waals surface area contributed by atoms with Gasteiger partial charge in [-0.15, -0.1) is 0 Å². The number of hydrogen-bond acceptors (Lipinski definition) is 3. The molecule has 5 N–H and O–H groups in total. The Hall–Kier alpha value is -2.01. The maximum Gasteiger partial charge on any atom is 0.335 e. The summed E-state index contributed by atoms with van der Waals surface area (Å²) in [6.45, 7) is 0. The summed E-state index contributed by atoms with van der Waals surface area (Å²) in [4.78, 5) is 10.2. The number of carbonyl (C=O) groups is 1. The van der Waals surface area contributed by atoms with Crippen LogP contribution < -0.4 is 11.5 Å². The second kappa shape index (κ2) is 6.66. The standard InChI is InChI=1S/C7H6O2.C6H7BrN2/c8-7(9)6-4-2-1-3-5-6;7-4-1-2-5(8)6(9)3-4/h1-5H,(H,8,9);1-3H,8-9H2. The Morgan fingerprint density at radius 3 is 2.00 bits per heavy atom. The molecule has 0 heterocycles. The molecule has 0 saturated heterocycles. The Kier molecular flexibility index (Phi) is 5.20. The van der Waals surface area contributed by atoms with Crippen molar-refractivity contribution in [1.29, 1.82) is 0 Å². The van der Waals surface area contributed by atoms with Crippen molar-refractivity contribution in [2.24, 2.45) is 0 Å². The maximum atomic E-state index is 10.2. The number of benzene rings is 2. The minimum Gasteiger partial charge on any atom is -0.478 e. The molecule has 4 nitrogen and oxygen atoms in total. The van der Waals surface area contributed by atoms with E-state index in [2.05, 4.69) is 15.9 Å². The lowest BCUT2D eigenvalue weighted by atomic mass is 10.2. The van der Waals surface area contributed by atoms with E-state index in [0.717, 1.165) is 4.47 Å². The van der Waals surface area contributed by atoms with Gasteiger partial charge in [-0.25, -0.2) is 4.79 Å². The molecule has 2 aromatic carbocycles. The number of carboxylic acids is 1. The maximum absolute atomic E-state index is 10.2. The van der Waals surface area contributed by atoms with Crippen molar-refractivity contribution in [2.75, 3.05) is 11.5 Å². The molecule has 0 aliphatic rings. The third-order valence-corrected chi connectivity index (χ3v) is 2.56. The van der Waals surface area contributed by atoms with Crippen molar-refractivity contribution < 1.29 is 9.90 Å². The largest absolute Gasteiger partial charge is 0.478 e. The summed E-state index contributed by atoms with van der Waals surface area (Å²) in [5, 5.41) is 8.38. The fourth-order valence-corrected chi connectivity index (χ4v) is 1.51. The van der Waals surface area contributed by atoms with E-state index in [1.165, 1.54) is 0 Å². The second-order valence-corrected chi connectivity index (χ2v) is 4.36.